The molecule has 0 fully saturated rings. The lowest BCUT2D eigenvalue weighted by molar-refractivity contribution is -0.167. The zero-order valence-electron chi connectivity index (χ0n) is 50.5. The summed E-state index contributed by atoms with van der Waals surface area (Å²) in [4.78, 5) is 37.9. The van der Waals surface area contributed by atoms with Crippen molar-refractivity contribution in [1.29, 1.82) is 0 Å². The molecule has 0 aromatic carbocycles. The van der Waals surface area contributed by atoms with Gasteiger partial charge in [0.1, 0.15) is 13.2 Å². The molecule has 0 saturated carbocycles. The number of hydrogen-bond donors (Lipinski definition) is 0. The smallest absolute Gasteiger partial charge is 0.306 e. The Labute approximate surface area is 472 Å². The van der Waals surface area contributed by atoms with E-state index >= 15 is 0 Å². The van der Waals surface area contributed by atoms with Crippen LogP contribution < -0.4 is 0 Å². The summed E-state index contributed by atoms with van der Waals surface area (Å²) in [5.74, 6) is -0.875. The van der Waals surface area contributed by atoms with Crippen molar-refractivity contribution >= 4 is 17.9 Å². The standard InChI is InChI=1S/C70H124O6/c1-4-7-10-13-15-17-19-21-23-25-27-28-29-30-31-32-33-34-35-36-37-38-39-40-41-42-43-45-46-48-50-52-54-57-60-63-69(72)75-66-67(65-74-68(71)62-59-56-12-9-6-3)76-70(73)64-61-58-55-53-51-49-47-44-26-24-22-20-18-16-14-11-8-5-2/h7,10,15,17,21,23-24,26-28,30-31,67H,4-6,8-9,11-14,16,18-20,22,25,29,32-66H2,1-3H3/b10-7-,17-15-,23-21-,26-24-,28-27-,31-30-. The van der Waals surface area contributed by atoms with Crippen LogP contribution in [0.3, 0.4) is 0 Å². The first kappa shape index (κ1) is 72.8. The maximum Gasteiger partial charge on any atom is 0.306 e. The van der Waals surface area contributed by atoms with Gasteiger partial charge in [0.25, 0.3) is 0 Å². The predicted octanol–water partition coefficient (Wildman–Crippen LogP) is 22.5. The van der Waals surface area contributed by atoms with Crippen molar-refractivity contribution in [3.63, 3.8) is 0 Å². The molecule has 1 atom stereocenters. The van der Waals surface area contributed by atoms with E-state index < -0.39 is 6.10 Å². The third kappa shape index (κ3) is 61.7. The third-order valence-electron chi connectivity index (χ3n) is 14.4. The molecule has 0 rings (SSSR count). The van der Waals surface area contributed by atoms with E-state index in [9.17, 15) is 14.4 Å². The second-order valence-electron chi connectivity index (χ2n) is 22.0. The van der Waals surface area contributed by atoms with Crippen molar-refractivity contribution in [2.24, 2.45) is 0 Å². The normalized spacial score (nSPS) is 12.5. The minimum Gasteiger partial charge on any atom is -0.462 e. The van der Waals surface area contributed by atoms with Crippen LogP contribution in [-0.2, 0) is 28.6 Å². The quantitative estimate of drug-likeness (QED) is 0.0261. The summed E-state index contributed by atoms with van der Waals surface area (Å²) in [6, 6.07) is 0. The monoisotopic (exact) mass is 1060 g/mol. The number of unbranched alkanes of at least 4 members (excludes halogenated alkanes) is 37. The van der Waals surface area contributed by atoms with E-state index in [1.165, 1.54) is 199 Å². The molecule has 0 aliphatic carbocycles. The lowest BCUT2D eigenvalue weighted by atomic mass is 10.0. The SMILES string of the molecule is CC/C=C\C/C=C\C/C=C\C/C=C\C/C=C\CCCCCCCCCCCCCCCCCCCCCC(=O)OCC(COC(=O)CCCCCCC)OC(=O)CCCCCCCCC/C=C\CCCCCCCCC. The first-order chi connectivity index (χ1) is 37.5. The van der Waals surface area contributed by atoms with Crippen LogP contribution in [-0.4, -0.2) is 37.2 Å². The number of hydrogen-bond acceptors (Lipinski definition) is 6. The average Bonchev–Trinajstić information content (AvgIpc) is 3.42. The molecule has 0 aromatic heterocycles. The Balaban J connectivity index is 3.91. The molecule has 0 heterocycles. The van der Waals surface area contributed by atoms with Gasteiger partial charge in [-0.25, -0.2) is 0 Å². The zero-order chi connectivity index (χ0) is 55.0. The van der Waals surface area contributed by atoms with E-state index in [1.807, 2.05) is 0 Å². The highest BCUT2D eigenvalue weighted by Gasteiger charge is 2.19. The van der Waals surface area contributed by atoms with Gasteiger partial charge in [-0.05, 0) is 89.9 Å². The number of carbonyl (C=O) groups is 3. The average molecular weight is 1060 g/mol. The summed E-state index contributed by atoms with van der Waals surface area (Å²) >= 11 is 0. The molecule has 0 aliphatic heterocycles. The van der Waals surface area contributed by atoms with Crippen molar-refractivity contribution in [3.05, 3.63) is 72.9 Å². The highest BCUT2D eigenvalue weighted by molar-refractivity contribution is 5.71. The van der Waals surface area contributed by atoms with E-state index in [0.29, 0.717) is 19.3 Å². The second kappa shape index (κ2) is 64.4. The summed E-state index contributed by atoms with van der Waals surface area (Å²) in [6.07, 6.45) is 84.1. The van der Waals surface area contributed by atoms with E-state index in [-0.39, 0.29) is 31.1 Å². The molecular formula is C70H124O6. The Morgan fingerprint density at radius 1 is 0.276 bits per heavy atom. The fourth-order valence-corrected chi connectivity index (χ4v) is 9.53. The number of ether oxygens (including phenoxy) is 3. The molecule has 440 valence electrons. The molecule has 0 saturated heterocycles. The van der Waals surface area contributed by atoms with Crippen LogP contribution in [0, 0.1) is 0 Å². The molecule has 0 aliphatic rings. The molecule has 0 aromatic rings. The fraction of sp³-hybridized carbons (Fsp3) is 0.786. The van der Waals surface area contributed by atoms with E-state index in [4.69, 9.17) is 14.2 Å². The Bertz CT molecular complexity index is 1400. The Morgan fingerprint density at radius 3 is 0.816 bits per heavy atom. The lowest BCUT2D eigenvalue weighted by Crippen LogP contribution is -2.30. The summed E-state index contributed by atoms with van der Waals surface area (Å²) in [5, 5.41) is 0. The van der Waals surface area contributed by atoms with E-state index in [0.717, 1.165) is 96.3 Å². The summed E-state index contributed by atoms with van der Waals surface area (Å²) in [7, 11) is 0. The highest BCUT2D eigenvalue weighted by atomic mass is 16.6. The van der Waals surface area contributed by atoms with Crippen molar-refractivity contribution in [2.75, 3.05) is 13.2 Å². The first-order valence-corrected chi connectivity index (χ1v) is 32.9. The van der Waals surface area contributed by atoms with Gasteiger partial charge in [-0.15, -0.1) is 0 Å². The Hall–Kier alpha value is -3.15. The van der Waals surface area contributed by atoms with Crippen LogP contribution in [0.1, 0.15) is 335 Å². The molecule has 76 heavy (non-hydrogen) atoms. The lowest BCUT2D eigenvalue weighted by Gasteiger charge is -2.18. The van der Waals surface area contributed by atoms with E-state index in [2.05, 4.69) is 93.7 Å². The predicted molar refractivity (Wildman–Crippen MR) is 330 cm³/mol. The van der Waals surface area contributed by atoms with Gasteiger partial charge < -0.3 is 14.2 Å². The number of esters is 3. The first-order valence-electron chi connectivity index (χ1n) is 32.9. The van der Waals surface area contributed by atoms with Crippen molar-refractivity contribution in [3.8, 4) is 0 Å². The molecule has 0 bridgehead atoms. The molecule has 1 unspecified atom stereocenters. The molecule has 0 N–H and O–H groups in total. The van der Waals surface area contributed by atoms with Crippen LogP contribution in [0.25, 0.3) is 0 Å². The van der Waals surface area contributed by atoms with Crippen LogP contribution in [0.2, 0.25) is 0 Å². The van der Waals surface area contributed by atoms with Crippen LogP contribution in [0.15, 0.2) is 72.9 Å². The molecule has 0 spiro atoms. The second-order valence-corrected chi connectivity index (χ2v) is 22.0. The number of allylic oxidation sites excluding steroid dienone is 12. The van der Waals surface area contributed by atoms with Gasteiger partial charge in [0, 0.05) is 19.3 Å². The van der Waals surface area contributed by atoms with Crippen LogP contribution >= 0.6 is 0 Å². The largest absolute Gasteiger partial charge is 0.462 e. The minimum atomic E-state index is -0.771. The van der Waals surface area contributed by atoms with E-state index in [1.54, 1.807) is 0 Å². The molecule has 6 nitrogen and oxygen atoms in total. The van der Waals surface area contributed by atoms with Gasteiger partial charge in [-0.3, -0.25) is 14.4 Å². The molecule has 6 heteroatoms. The van der Waals surface area contributed by atoms with Crippen molar-refractivity contribution in [1.82, 2.24) is 0 Å². The van der Waals surface area contributed by atoms with Gasteiger partial charge in [0.05, 0.1) is 0 Å². The maximum absolute atomic E-state index is 12.8. The summed E-state index contributed by atoms with van der Waals surface area (Å²) in [6.45, 7) is 6.47. The molecular weight excluding hydrogens is 937 g/mol. The van der Waals surface area contributed by atoms with Crippen molar-refractivity contribution in [2.45, 2.75) is 341 Å². The summed E-state index contributed by atoms with van der Waals surface area (Å²) in [5.41, 5.74) is 0. The van der Waals surface area contributed by atoms with Gasteiger partial charge >= 0.3 is 17.9 Å². The molecule has 0 amide bonds. The van der Waals surface area contributed by atoms with Crippen molar-refractivity contribution < 1.29 is 28.6 Å². The van der Waals surface area contributed by atoms with Gasteiger partial charge in [-0.1, -0.05) is 299 Å². The Kier molecular flexibility index (Phi) is 61.7. The fourth-order valence-electron chi connectivity index (χ4n) is 9.53. The summed E-state index contributed by atoms with van der Waals surface area (Å²) < 4.78 is 16.8. The Morgan fingerprint density at radius 2 is 0.513 bits per heavy atom. The van der Waals surface area contributed by atoms with Gasteiger partial charge in [0.2, 0.25) is 0 Å². The minimum absolute atomic E-state index is 0.0724. The molecule has 0 radical (unpaired) electrons. The van der Waals surface area contributed by atoms with Crippen LogP contribution in [0.4, 0.5) is 0 Å². The topological polar surface area (TPSA) is 78.9 Å². The maximum atomic E-state index is 12.8. The third-order valence-corrected chi connectivity index (χ3v) is 14.4. The zero-order valence-corrected chi connectivity index (χ0v) is 50.5. The van der Waals surface area contributed by atoms with Gasteiger partial charge in [-0.2, -0.15) is 0 Å². The van der Waals surface area contributed by atoms with Crippen LogP contribution in [0.5, 0.6) is 0 Å². The number of carbonyl (C=O) groups excluding carboxylic acids is 3. The highest BCUT2D eigenvalue weighted by Crippen LogP contribution is 2.17. The number of rotatable bonds is 60. The van der Waals surface area contributed by atoms with Gasteiger partial charge in [0.15, 0.2) is 6.10 Å².